The van der Waals surface area contributed by atoms with Gasteiger partial charge in [-0.15, -0.1) is 10.2 Å². The standard InChI is InChI=1S/C19H18FN3O2S/c1-2-25-17(24)13-26-19-22-21-18(15-8-10-16(20)11-9-15)23(19)12-14-6-4-3-5-7-14/h3-11H,2,12-13H2,1H3. The van der Waals surface area contributed by atoms with Crippen molar-refractivity contribution < 1.29 is 13.9 Å². The smallest absolute Gasteiger partial charge is 0.316 e. The van der Waals surface area contributed by atoms with Crippen LogP contribution in [0, 0.1) is 5.82 Å². The highest BCUT2D eigenvalue weighted by Gasteiger charge is 2.16. The summed E-state index contributed by atoms with van der Waals surface area (Å²) in [6.07, 6.45) is 0. The van der Waals surface area contributed by atoms with Crippen molar-refractivity contribution in [1.82, 2.24) is 14.8 Å². The maximum Gasteiger partial charge on any atom is 0.316 e. The lowest BCUT2D eigenvalue weighted by molar-refractivity contribution is -0.139. The summed E-state index contributed by atoms with van der Waals surface area (Å²) in [7, 11) is 0. The fraction of sp³-hybridized carbons (Fsp3) is 0.211. The molecule has 0 fully saturated rings. The van der Waals surface area contributed by atoms with Crippen LogP contribution in [0.15, 0.2) is 59.8 Å². The number of rotatable bonds is 7. The zero-order chi connectivity index (χ0) is 18.4. The second kappa shape index (κ2) is 8.62. The average Bonchev–Trinajstić information content (AvgIpc) is 3.04. The summed E-state index contributed by atoms with van der Waals surface area (Å²) in [5.41, 5.74) is 1.84. The van der Waals surface area contributed by atoms with Gasteiger partial charge in [-0.1, -0.05) is 42.1 Å². The van der Waals surface area contributed by atoms with Crippen LogP contribution in [0.3, 0.4) is 0 Å². The normalized spacial score (nSPS) is 10.7. The molecule has 3 rings (SSSR count). The van der Waals surface area contributed by atoms with Crippen molar-refractivity contribution >= 4 is 17.7 Å². The van der Waals surface area contributed by atoms with Gasteiger partial charge in [0.05, 0.1) is 18.9 Å². The molecule has 0 atom stereocenters. The molecule has 0 aliphatic heterocycles. The molecule has 0 radical (unpaired) electrons. The van der Waals surface area contributed by atoms with E-state index >= 15 is 0 Å². The molecule has 5 nitrogen and oxygen atoms in total. The average molecular weight is 371 g/mol. The van der Waals surface area contributed by atoms with Crippen molar-refractivity contribution in [1.29, 1.82) is 0 Å². The monoisotopic (exact) mass is 371 g/mol. The number of aromatic nitrogens is 3. The predicted octanol–water partition coefficient (Wildman–Crippen LogP) is 3.79. The van der Waals surface area contributed by atoms with Gasteiger partial charge in [-0.25, -0.2) is 4.39 Å². The van der Waals surface area contributed by atoms with Crippen LogP contribution in [0.4, 0.5) is 4.39 Å². The first-order chi connectivity index (χ1) is 12.7. The van der Waals surface area contributed by atoms with Crippen LogP contribution in [0.25, 0.3) is 11.4 Å². The maximum atomic E-state index is 13.2. The zero-order valence-electron chi connectivity index (χ0n) is 14.3. The van der Waals surface area contributed by atoms with Gasteiger partial charge in [0.2, 0.25) is 0 Å². The molecule has 0 amide bonds. The third-order valence-electron chi connectivity index (χ3n) is 3.63. The van der Waals surface area contributed by atoms with Crippen molar-refractivity contribution in [3.63, 3.8) is 0 Å². The van der Waals surface area contributed by atoms with E-state index in [2.05, 4.69) is 10.2 Å². The molecule has 0 saturated carbocycles. The summed E-state index contributed by atoms with van der Waals surface area (Å²) < 4.78 is 20.1. The van der Waals surface area contributed by atoms with Crippen LogP contribution in [0.2, 0.25) is 0 Å². The number of hydrogen-bond donors (Lipinski definition) is 0. The number of benzene rings is 2. The minimum absolute atomic E-state index is 0.157. The Morgan fingerprint density at radius 3 is 2.54 bits per heavy atom. The lowest BCUT2D eigenvalue weighted by Gasteiger charge is -2.10. The van der Waals surface area contributed by atoms with Gasteiger partial charge in [0, 0.05) is 5.56 Å². The van der Waals surface area contributed by atoms with Gasteiger partial charge in [0.15, 0.2) is 11.0 Å². The quantitative estimate of drug-likeness (QED) is 0.467. The number of thioether (sulfide) groups is 1. The van der Waals surface area contributed by atoms with Crippen LogP contribution < -0.4 is 0 Å². The van der Waals surface area contributed by atoms with Crippen LogP contribution >= 0.6 is 11.8 Å². The van der Waals surface area contributed by atoms with E-state index < -0.39 is 0 Å². The molecule has 26 heavy (non-hydrogen) atoms. The highest BCUT2D eigenvalue weighted by molar-refractivity contribution is 7.99. The van der Waals surface area contributed by atoms with Crippen molar-refractivity contribution in [2.24, 2.45) is 0 Å². The van der Waals surface area contributed by atoms with E-state index in [1.807, 2.05) is 34.9 Å². The van der Waals surface area contributed by atoms with E-state index in [9.17, 15) is 9.18 Å². The highest BCUT2D eigenvalue weighted by atomic mass is 32.2. The summed E-state index contributed by atoms with van der Waals surface area (Å²) in [6.45, 7) is 2.66. The second-order valence-electron chi connectivity index (χ2n) is 5.48. The molecule has 0 N–H and O–H groups in total. The third kappa shape index (κ3) is 4.49. The number of hydrogen-bond acceptors (Lipinski definition) is 5. The SMILES string of the molecule is CCOC(=O)CSc1nnc(-c2ccc(F)cc2)n1Cc1ccccc1. The van der Waals surface area contributed by atoms with Gasteiger partial charge in [0.1, 0.15) is 5.82 Å². The summed E-state index contributed by atoms with van der Waals surface area (Å²) in [5.74, 6) is 0.180. The first-order valence-corrected chi connectivity index (χ1v) is 9.17. The molecule has 0 aliphatic carbocycles. The fourth-order valence-corrected chi connectivity index (χ4v) is 3.18. The minimum Gasteiger partial charge on any atom is -0.465 e. The number of nitrogens with zero attached hydrogens (tertiary/aromatic N) is 3. The number of carbonyl (C=O) groups excluding carboxylic acids is 1. The molecule has 0 aliphatic rings. The van der Waals surface area contributed by atoms with Crippen molar-refractivity contribution in [2.45, 2.75) is 18.6 Å². The molecule has 0 spiro atoms. The first kappa shape index (κ1) is 18.1. The van der Waals surface area contributed by atoms with Gasteiger partial charge < -0.3 is 4.74 Å². The summed E-state index contributed by atoms with van der Waals surface area (Å²) >= 11 is 1.27. The fourth-order valence-electron chi connectivity index (χ4n) is 2.44. The Bertz CT molecular complexity index is 866. The Balaban J connectivity index is 1.91. The minimum atomic E-state index is -0.306. The van der Waals surface area contributed by atoms with Crippen LogP contribution in [-0.2, 0) is 16.1 Å². The summed E-state index contributed by atoms with van der Waals surface area (Å²) in [5, 5.41) is 9.08. The molecule has 0 saturated heterocycles. The Kier molecular flexibility index (Phi) is 6.01. The number of esters is 1. The van der Waals surface area contributed by atoms with E-state index in [0.29, 0.717) is 24.1 Å². The van der Waals surface area contributed by atoms with E-state index in [1.165, 1.54) is 23.9 Å². The molecule has 134 valence electrons. The summed E-state index contributed by atoms with van der Waals surface area (Å²) in [6, 6.07) is 16.0. The molecule has 3 aromatic rings. The van der Waals surface area contributed by atoms with E-state index in [1.54, 1.807) is 19.1 Å². The Morgan fingerprint density at radius 1 is 1.12 bits per heavy atom. The molecule has 1 aromatic heterocycles. The lowest BCUT2D eigenvalue weighted by atomic mass is 10.2. The van der Waals surface area contributed by atoms with E-state index in [4.69, 9.17) is 4.74 Å². The van der Waals surface area contributed by atoms with Crippen LogP contribution in [0.1, 0.15) is 12.5 Å². The largest absolute Gasteiger partial charge is 0.465 e. The first-order valence-electron chi connectivity index (χ1n) is 8.19. The molecule has 7 heteroatoms. The number of halogens is 1. The summed E-state index contributed by atoms with van der Waals surface area (Å²) in [4.78, 5) is 11.7. The molecular formula is C19H18FN3O2S. The molecule has 2 aromatic carbocycles. The van der Waals surface area contributed by atoms with Crippen LogP contribution in [-0.4, -0.2) is 33.1 Å². The molecule has 0 unspecified atom stereocenters. The molecule has 1 heterocycles. The maximum absolute atomic E-state index is 13.2. The topological polar surface area (TPSA) is 57.0 Å². The second-order valence-corrected chi connectivity index (χ2v) is 6.42. The third-order valence-corrected chi connectivity index (χ3v) is 4.57. The Labute approximate surface area is 155 Å². The van der Waals surface area contributed by atoms with Gasteiger partial charge >= 0.3 is 5.97 Å². The van der Waals surface area contributed by atoms with Gasteiger partial charge in [0.25, 0.3) is 0 Å². The zero-order valence-corrected chi connectivity index (χ0v) is 15.1. The predicted molar refractivity (Wildman–Crippen MR) is 98.3 cm³/mol. The number of ether oxygens (including phenoxy) is 1. The van der Waals surface area contributed by atoms with Crippen molar-refractivity contribution in [3.05, 3.63) is 66.0 Å². The highest BCUT2D eigenvalue weighted by Crippen LogP contribution is 2.25. The van der Waals surface area contributed by atoms with Gasteiger partial charge in [-0.2, -0.15) is 0 Å². The molecule has 0 bridgehead atoms. The van der Waals surface area contributed by atoms with Gasteiger partial charge in [-0.05, 0) is 36.8 Å². The number of carbonyl (C=O) groups is 1. The van der Waals surface area contributed by atoms with Gasteiger partial charge in [-0.3, -0.25) is 9.36 Å². The lowest BCUT2D eigenvalue weighted by Crippen LogP contribution is -2.09. The Morgan fingerprint density at radius 2 is 1.85 bits per heavy atom. The van der Waals surface area contributed by atoms with E-state index in [0.717, 1.165) is 11.1 Å². The van der Waals surface area contributed by atoms with Crippen LogP contribution in [0.5, 0.6) is 0 Å². The van der Waals surface area contributed by atoms with Crippen molar-refractivity contribution in [2.75, 3.05) is 12.4 Å². The Hall–Kier alpha value is -2.67. The van der Waals surface area contributed by atoms with E-state index in [-0.39, 0.29) is 17.5 Å². The van der Waals surface area contributed by atoms with Crippen molar-refractivity contribution in [3.8, 4) is 11.4 Å². The molecular weight excluding hydrogens is 353 g/mol.